The van der Waals surface area contributed by atoms with Gasteiger partial charge in [-0.05, 0) is 6.07 Å². The summed E-state index contributed by atoms with van der Waals surface area (Å²) in [5.74, 6) is 0. The first-order valence-electron chi connectivity index (χ1n) is 6.21. The summed E-state index contributed by atoms with van der Waals surface area (Å²) in [6.07, 6.45) is -4.29. The van der Waals surface area contributed by atoms with Gasteiger partial charge in [-0.15, -0.1) is 0 Å². The highest BCUT2D eigenvalue weighted by atomic mass is 19.4. The van der Waals surface area contributed by atoms with Crippen LogP contribution in [-0.4, -0.2) is 45.7 Å². The lowest BCUT2D eigenvalue weighted by atomic mass is 10.2. The molecule has 0 radical (unpaired) electrons. The van der Waals surface area contributed by atoms with E-state index in [1.165, 1.54) is 0 Å². The summed E-state index contributed by atoms with van der Waals surface area (Å²) >= 11 is 0. The lowest BCUT2D eigenvalue weighted by Gasteiger charge is -2.21. The number of nitrogens with zero attached hydrogens (tertiary/aromatic N) is 3. The minimum absolute atomic E-state index is 0.0373. The second-order valence-corrected chi connectivity index (χ2v) is 4.64. The molecule has 0 aliphatic heterocycles. The number of alkyl halides is 3. The van der Waals surface area contributed by atoms with E-state index >= 15 is 0 Å². The molecule has 2 aromatic rings. The molecule has 1 N–H and O–H groups in total. The Morgan fingerprint density at radius 3 is 2.65 bits per heavy atom. The third-order valence-electron chi connectivity index (χ3n) is 3.03. The summed E-state index contributed by atoms with van der Waals surface area (Å²) in [5.41, 5.74) is 1.46. The van der Waals surface area contributed by atoms with Crippen molar-refractivity contribution < 1.29 is 18.3 Å². The lowest BCUT2D eigenvalue weighted by molar-refractivity contribution is -0.148. The maximum absolute atomic E-state index is 12.5. The van der Waals surface area contributed by atoms with Gasteiger partial charge in [0.15, 0.2) is 0 Å². The Hall–Kier alpha value is -1.60. The van der Waals surface area contributed by atoms with Gasteiger partial charge in [0.1, 0.15) is 0 Å². The van der Waals surface area contributed by atoms with E-state index in [9.17, 15) is 13.2 Å². The summed E-state index contributed by atoms with van der Waals surface area (Å²) in [6, 6.07) is 7.39. The number of aromatic nitrogens is 2. The standard InChI is InChI=1S/C13H16F3N3O/c1-18-12-5-3-2-4-10(12)11(17-18)8-19(6-7-20)9-13(14,15)16/h2-5,20H,6-9H2,1H3. The Morgan fingerprint density at radius 2 is 2.00 bits per heavy atom. The largest absolute Gasteiger partial charge is 0.401 e. The van der Waals surface area contributed by atoms with Crippen molar-refractivity contribution in [3.63, 3.8) is 0 Å². The number of hydrogen-bond acceptors (Lipinski definition) is 3. The first-order valence-corrected chi connectivity index (χ1v) is 6.21. The molecule has 0 spiro atoms. The maximum atomic E-state index is 12.5. The normalized spacial score (nSPS) is 12.5. The SMILES string of the molecule is Cn1nc(CN(CCO)CC(F)(F)F)c2ccccc21. The van der Waals surface area contributed by atoms with Crippen LogP contribution in [0.1, 0.15) is 5.69 Å². The molecular formula is C13H16F3N3O. The Bertz CT molecular complexity index is 580. The molecule has 7 heteroatoms. The molecule has 1 aromatic carbocycles. The molecule has 110 valence electrons. The van der Waals surface area contributed by atoms with E-state index in [-0.39, 0.29) is 19.7 Å². The van der Waals surface area contributed by atoms with Crippen LogP contribution in [0.5, 0.6) is 0 Å². The number of aliphatic hydroxyl groups excluding tert-OH is 1. The number of hydrogen-bond donors (Lipinski definition) is 1. The maximum Gasteiger partial charge on any atom is 0.401 e. The van der Waals surface area contributed by atoms with E-state index in [0.29, 0.717) is 5.69 Å². The zero-order valence-corrected chi connectivity index (χ0v) is 11.1. The van der Waals surface area contributed by atoms with Crippen LogP contribution < -0.4 is 0 Å². The molecule has 0 aliphatic rings. The van der Waals surface area contributed by atoms with Crippen molar-refractivity contribution in [2.75, 3.05) is 19.7 Å². The van der Waals surface area contributed by atoms with Crippen molar-refractivity contribution in [2.45, 2.75) is 12.7 Å². The van der Waals surface area contributed by atoms with Gasteiger partial charge in [-0.25, -0.2) is 0 Å². The highest BCUT2D eigenvalue weighted by Gasteiger charge is 2.31. The van der Waals surface area contributed by atoms with Gasteiger partial charge in [-0.2, -0.15) is 18.3 Å². The first kappa shape index (κ1) is 14.8. The molecule has 0 saturated carbocycles. The second-order valence-electron chi connectivity index (χ2n) is 4.64. The zero-order valence-electron chi connectivity index (χ0n) is 11.1. The third kappa shape index (κ3) is 3.49. The van der Waals surface area contributed by atoms with Crippen molar-refractivity contribution >= 4 is 10.9 Å². The summed E-state index contributed by atoms with van der Waals surface area (Å²) in [7, 11) is 1.76. The van der Waals surface area contributed by atoms with Gasteiger partial charge < -0.3 is 5.11 Å². The average molecular weight is 287 g/mol. The molecule has 4 nitrogen and oxygen atoms in total. The summed E-state index contributed by atoms with van der Waals surface area (Å²) in [5, 5.41) is 14.0. The predicted molar refractivity (Wildman–Crippen MR) is 69.1 cm³/mol. The van der Waals surface area contributed by atoms with E-state index in [1.807, 2.05) is 24.3 Å². The van der Waals surface area contributed by atoms with Gasteiger partial charge in [0.2, 0.25) is 0 Å². The number of benzene rings is 1. The monoisotopic (exact) mass is 287 g/mol. The predicted octanol–water partition coefficient (Wildman–Crippen LogP) is 1.93. The summed E-state index contributed by atoms with van der Waals surface area (Å²) in [4.78, 5) is 1.15. The molecule has 0 amide bonds. The molecule has 1 aromatic heterocycles. The van der Waals surface area contributed by atoms with E-state index < -0.39 is 12.7 Å². The topological polar surface area (TPSA) is 41.3 Å². The molecule has 20 heavy (non-hydrogen) atoms. The Balaban J connectivity index is 2.24. The molecule has 0 unspecified atom stereocenters. The zero-order chi connectivity index (χ0) is 14.8. The van der Waals surface area contributed by atoms with Crippen molar-refractivity contribution in [1.82, 2.24) is 14.7 Å². The first-order chi connectivity index (χ1) is 9.40. The van der Waals surface area contributed by atoms with Crippen LogP contribution in [0.4, 0.5) is 13.2 Å². The van der Waals surface area contributed by atoms with Gasteiger partial charge in [0, 0.05) is 25.5 Å². The molecule has 1 heterocycles. The highest BCUT2D eigenvalue weighted by Crippen LogP contribution is 2.21. The van der Waals surface area contributed by atoms with Gasteiger partial charge in [-0.1, -0.05) is 18.2 Å². The summed E-state index contributed by atoms with van der Waals surface area (Å²) < 4.78 is 39.2. The molecule has 2 rings (SSSR count). The number of halogens is 3. The van der Waals surface area contributed by atoms with Crippen LogP contribution in [0.3, 0.4) is 0 Å². The fraction of sp³-hybridized carbons (Fsp3) is 0.462. The number of fused-ring (bicyclic) bond motifs is 1. The van der Waals surface area contributed by atoms with Crippen molar-refractivity contribution in [3.05, 3.63) is 30.0 Å². The average Bonchev–Trinajstić information content (AvgIpc) is 2.65. The van der Waals surface area contributed by atoms with Crippen LogP contribution in [-0.2, 0) is 13.6 Å². The van der Waals surface area contributed by atoms with Crippen LogP contribution in [0.2, 0.25) is 0 Å². The van der Waals surface area contributed by atoms with E-state index in [0.717, 1.165) is 15.8 Å². The summed E-state index contributed by atoms with van der Waals surface area (Å²) in [6.45, 7) is -1.36. The third-order valence-corrected chi connectivity index (χ3v) is 3.03. The quantitative estimate of drug-likeness (QED) is 0.913. The fourth-order valence-electron chi connectivity index (χ4n) is 2.23. The molecular weight excluding hydrogens is 271 g/mol. The number of aryl methyl sites for hydroxylation is 1. The van der Waals surface area contributed by atoms with Crippen molar-refractivity contribution in [3.8, 4) is 0 Å². The Labute approximate surface area is 114 Å². The van der Waals surface area contributed by atoms with Crippen LogP contribution in [0.15, 0.2) is 24.3 Å². The van der Waals surface area contributed by atoms with Gasteiger partial charge in [0.05, 0.1) is 24.4 Å². The smallest absolute Gasteiger partial charge is 0.395 e. The van der Waals surface area contributed by atoms with E-state index in [4.69, 9.17) is 5.11 Å². The molecule has 0 atom stereocenters. The minimum atomic E-state index is -4.29. The Kier molecular flexibility index (Phi) is 4.29. The van der Waals surface area contributed by atoms with E-state index in [2.05, 4.69) is 5.10 Å². The fourth-order valence-corrected chi connectivity index (χ4v) is 2.23. The van der Waals surface area contributed by atoms with Crippen LogP contribution >= 0.6 is 0 Å². The number of para-hydroxylation sites is 1. The van der Waals surface area contributed by atoms with Crippen molar-refractivity contribution in [1.29, 1.82) is 0 Å². The second kappa shape index (κ2) is 5.80. The highest BCUT2D eigenvalue weighted by molar-refractivity contribution is 5.81. The van der Waals surface area contributed by atoms with Crippen LogP contribution in [0, 0.1) is 0 Å². The van der Waals surface area contributed by atoms with E-state index in [1.54, 1.807) is 11.7 Å². The molecule has 0 bridgehead atoms. The van der Waals surface area contributed by atoms with Crippen LogP contribution in [0.25, 0.3) is 10.9 Å². The van der Waals surface area contributed by atoms with Gasteiger partial charge in [-0.3, -0.25) is 9.58 Å². The number of rotatable bonds is 5. The van der Waals surface area contributed by atoms with Crippen molar-refractivity contribution in [2.24, 2.45) is 7.05 Å². The molecule has 0 aliphatic carbocycles. The molecule has 0 fully saturated rings. The number of aliphatic hydroxyl groups is 1. The molecule has 0 saturated heterocycles. The van der Waals surface area contributed by atoms with Gasteiger partial charge in [0.25, 0.3) is 0 Å². The van der Waals surface area contributed by atoms with Gasteiger partial charge >= 0.3 is 6.18 Å². The minimum Gasteiger partial charge on any atom is -0.395 e. The Morgan fingerprint density at radius 1 is 1.30 bits per heavy atom. The lowest BCUT2D eigenvalue weighted by Crippen LogP contribution is -2.35.